The second-order valence-corrected chi connectivity index (χ2v) is 10.4. The molecule has 0 N–H and O–H groups in total. The normalized spacial score (nSPS) is 17.3. The van der Waals surface area contributed by atoms with Crippen LogP contribution in [0.2, 0.25) is 0 Å². The first-order valence-corrected chi connectivity index (χ1v) is 12.3. The van der Waals surface area contributed by atoms with Gasteiger partial charge in [0, 0.05) is 19.2 Å². The first kappa shape index (κ1) is 19.4. The lowest BCUT2D eigenvalue weighted by atomic mass is 9.99. The number of hydrogen-bond donors (Lipinski definition) is 0. The molecule has 0 spiro atoms. The molecule has 5 rings (SSSR count). The quantitative estimate of drug-likeness (QED) is 0.593. The van der Waals surface area contributed by atoms with Crippen LogP contribution in [-0.4, -0.2) is 39.7 Å². The number of aromatic nitrogens is 1. The third-order valence-corrected chi connectivity index (χ3v) is 7.97. The van der Waals surface area contributed by atoms with E-state index in [0.717, 1.165) is 30.8 Å². The molecule has 9 heteroatoms. The summed E-state index contributed by atoms with van der Waals surface area (Å²) in [6.45, 7) is 4.53. The molecule has 7 nitrogen and oxygen atoms in total. The molecule has 2 aromatic heterocycles. The second kappa shape index (κ2) is 7.63. The summed E-state index contributed by atoms with van der Waals surface area (Å²) in [5.41, 5.74) is 0. The Balaban J connectivity index is 1.59. The molecule has 1 fully saturated rings. The molecule has 0 bridgehead atoms. The molecule has 2 aliphatic heterocycles. The van der Waals surface area contributed by atoms with Crippen molar-refractivity contribution in [2.45, 2.75) is 29.7 Å². The average molecular weight is 447 g/mol. The van der Waals surface area contributed by atoms with Gasteiger partial charge in [-0.2, -0.15) is 4.98 Å². The number of fused-ring (bicyclic) bond motifs is 1. The topological polar surface area (TPSA) is 81.9 Å². The van der Waals surface area contributed by atoms with Crippen molar-refractivity contribution in [1.29, 1.82) is 0 Å². The summed E-state index contributed by atoms with van der Waals surface area (Å²) >= 11 is 1.46. The van der Waals surface area contributed by atoms with Crippen molar-refractivity contribution in [2.75, 3.05) is 31.2 Å². The van der Waals surface area contributed by atoms with Crippen LogP contribution in [-0.2, 0) is 9.84 Å². The highest BCUT2D eigenvalue weighted by Crippen LogP contribution is 2.39. The Labute approximate surface area is 179 Å². The van der Waals surface area contributed by atoms with Crippen LogP contribution >= 0.6 is 11.3 Å². The standard InChI is InChI=1S/C21H22N2O5S2/c1-14-6-8-23(9-7-14)21-20(22-19(28-21)18-3-2-12-29-18)30(24,25)15-4-5-16-17(13-15)27-11-10-26-16/h2-5,12-14H,6-11H2,1H3. The number of thiophene rings is 1. The van der Waals surface area contributed by atoms with Crippen molar-refractivity contribution in [3.05, 3.63) is 35.7 Å². The maximum atomic E-state index is 13.6. The Morgan fingerprint density at radius 1 is 1.10 bits per heavy atom. The number of hydrogen-bond acceptors (Lipinski definition) is 8. The Kier molecular flexibility index (Phi) is 4.94. The van der Waals surface area contributed by atoms with Crippen molar-refractivity contribution in [3.8, 4) is 22.3 Å². The smallest absolute Gasteiger partial charge is 0.240 e. The second-order valence-electron chi connectivity index (χ2n) is 7.59. The van der Waals surface area contributed by atoms with Crippen LogP contribution in [0.3, 0.4) is 0 Å². The largest absolute Gasteiger partial charge is 0.486 e. The maximum absolute atomic E-state index is 13.6. The van der Waals surface area contributed by atoms with Gasteiger partial charge in [-0.05, 0) is 42.3 Å². The van der Waals surface area contributed by atoms with Gasteiger partial charge in [0.25, 0.3) is 0 Å². The van der Waals surface area contributed by atoms with Crippen LogP contribution in [0.5, 0.6) is 11.5 Å². The van der Waals surface area contributed by atoms with E-state index in [1.807, 2.05) is 22.4 Å². The van der Waals surface area contributed by atoms with Gasteiger partial charge in [0.05, 0.1) is 9.77 Å². The van der Waals surface area contributed by atoms with Gasteiger partial charge < -0.3 is 18.8 Å². The Bertz CT molecular complexity index is 1150. The third kappa shape index (κ3) is 3.45. The number of anilines is 1. The predicted octanol–water partition coefficient (Wildman–Crippen LogP) is 4.24. The molecule has 2 aliphatic rings. The van der Waals surface area contributed by atoms with Crippen molar-refractivity contribution < 1.29 is 22.3 Å². The van der Waals surface area contributed by atoms with E-state index in [1.54, 1.807) is 6.07 Å². The first-order chi connectivity index (χ1) is 14.5. The molecule has 30 heavy (non-hydrogen) atoms. The van der Waals surface area contributed by atoms with E-state index >= 15 is 0 Å². The van der Waals surface area contributed by atoms with Crippen LogP contribution in [0.1, 0.15) is 19.8 Å². The summed E-state index contributed by atoms with van der Waals surface area (Å²) in [4.78, 5) is 7.36. The SMILES string of the molecule is CC1CCN(c2oc(-c3cccs3)nc2S(=O)(=O)c2ccc3c(c2)OCCO3)CC1. The number of oxazole rings is 1. The summed E-state index contributed by atoms with van der Waals surface area (Å²) in [5.74, 6) is 2.23. The van der Waals surface area contributed by atoms with E-state index in [2.05, 4.69) is 11.9 Å². The van der Waals surface area contributed by atoms with Crippen molar-refractivity contribution in [3.63, 3.8) is 0 Å². The molecule has 0 amide bonds. The number of piperidine rings is 1. The van der Waals surface area contributed by atoms with E-state index in [-0.39, 0.29) is 9.92 Å². The maximum Gasteiger partial charge on any atom is 0.240 e. The number of rotatable bonds is 4. The highest BCUT2D eigenvalue weighted by molar-refractivity contribution is 7.91. The predicted molar refractivity (Wildman–Crippen MR) is 113 cm³/mol. The van der Waals surface area contributed by atoms with Crippen molar-refractivity contribution >= 4 is 27.1 Å². The minimum absolute atomic E-state index is 0.0443. The number of benzene rings is 1. The molecule has 158 valence electrons. The molecular weight excluding hydrogens is 424 g/mol. The molecule has 4 heterocycles. The molecule has 0 saturated carbocycles. The van der Waals surface area contributed by atoms with Gasteiger partial charge in [-0.3, -0.25) is 0 Å². The van der Waals surface area contributed by atoms with Gasteiger partial charge in [-0.1, -0.05) is 13.0 Å². The fraction of sp³-hybridized carbons (Fsp3) is 0.381. The van der Waals surface area contributed by atoms with E-state index in [1.165, 1.54) is 23.5 Å². The molecule has 0 radical (unpaired) electrons. The van der Waals surface area contributed by atoms with Gasteiger partial charge in [0.15, 0.2) is 11.5 Å². The lowest BCUT2D eigenvalue weighted by Gasteiger charge is -2.30. The van der Waals surface area contributed by atoms with Crippen LogP contribution in [0, 0.1) is 5.92 Å². The zero-order chi connectivity index (χ0) is 20.7. The minimum atomic E-state index is -3.91. The highest BCUT2D eigenvalue weighted by Gasteiger charge is 2.33. The first-order valence-electron chi connectivity index (χ1n) is 9.97. The Morgan fingerprint density at radius 2 is 1.87 bits per heavy atom. The molecular formula is C21H22N2O5S2. The van der Waals surface area contributed by atoms with E-state index in [9.17, 15) is 8.42 Å². The van der Waals surface area contributed by atoms with E-state index in [4.69, 9.17) is 13.9 Å². The van der Waals surface area contributed by atoms with Gasteiger partial charge in [-0.25, -0.2) is 8.42 Å². The summed E-state index contributed by atoms with van der Waals surface area (Å²) < 4.78 is 44.3. The third-order valence-electron chi connectivity index (χ3n) is 5.46. The molecule has 0 atom stereocenters. The summed E-state index contributed by atoms with van der Waals surface area (Å²) in [7, 11) is -3.91. The van der Waals surface area contributed by atoms with E-state index in [0.29, 0.717) is 42.4 Å². The summed E-state index contributed by atoms with van der Waals surface area (Å²) in [6.07, 6.45) is 1.97. The lowest BCUT2D eigenvalue weighted by molar-refractivity contribution is 0.171. The fourth-order valence-electron chi connectivity index (χ4n) is 3.69. The zero-order valence-electron chi connectivity index (χ0n) is 16.5. The lowest BCUT2D eigenvalue weighted by Crippen LogP contribution is -2.33. The Morgan fingerprint density at radius 3 is 2.60 bits per heavy atom. The van der Waals surface area contributed by atoms with Crippen LogP contribution in [0.25, 0.3) is 10.8 Å². The monoisotopic (exact) mass is 446 g/mol. The molecule has 0 unspecified atom stereocenters. The van der Waals surface area contributed by atoms with Gasteiger partial charge in [-0.15, -0.1) is 11.3 Å². The van der Waals surface area contributed by atoms with Gasteiger partial charge >= 0.3 is 0 Å². The van der Waals surface area contributed by atoms with Gasteiger partial charge in [0.2, 0.25) is 26.6 Å². The molecule has 3 aromatic rings. The van der Waals surface area contributed by atoms with Crippen LogP contribution in [0.4, 0.5) is 5.88 Å². The van der Waals surface area contributed by atoms with Crippen LogP contribution < -0.4 is 14.4 Å². The molecule has 1 aromatic carbocycles. The zero-order valence-corrected chi connectivity index (χ0v) is 18.2. The molecule has 1 saturated heterocycles. The summed E-state index contributed by atoms with van der Waals surface area (Å²) in [5, 5.41) is 1.87. The average Bonchev–Trinajstić information content (AvgIpc) is 3.44. The molecule has 0 aliphatic carbocycles. The minimum Gasteiger partial charge on any atom is -0.486 e. The Hall–Kier alpha value is -2.52. The fourth-order valence-corrected chi connectivity index (χ4v) is 5.68. The van der Waals surface area contributed by atoms with Crippen molar-refractivity contribution in [1.82, 2.24) is 4.98 Å². The van der Waals surface area contributed by atoms with Crippen LogP contribution in [0.15, 0.2) is 50.1 Å². The number of nitrogens with zero attached hydrogens (tertiary/aromatic N) is 2. The van der Waals surface area contributed by atoms with Crippen molar-refractivity contribution in [2.24, 2.45) is 5.92 Å². The van der Waals surface area contributed by atoms with Gasteiger partial charge in [0.1, 0.15) is 13.2 Å². The highest BCUT2D eigenvalue weighted by atomic mass is 32.2. The summed E-state index contributed by atoms with van der Waals surface area (Å²) in [6, 6.07) is 8.43. The van der Waals surface area contributed by atoms with E-state index < -0.39 is 9.84 Å². The number of ether oxygens (including phenoxy) is 2. The number of sulfone groups is 1.